The zero-order valence-corrected chi connectivity index (χ0v) is 10.7. The molecule has 1 aromatic heterocycles. The number of hydrogen-bond donors (Lipinski definition) is 1. The fraction of sp³-hybridized carbons (Fsp3) is 0.231. The first-order chi connectivity index (χ1) is 8.63. The van der Waals surface area contributed by atoms with E-state index >= 15 is 0 Å². The van der Waals surface area contributed by atoms with Crippen LogP contribution >= 0.6 is 11.3 Å². The van der Waals surface area contributed by atoms with Crippen LogP contribution in [0.3, 0.4) is 0 Å². The highest BCUT2D eigenvalue weighted by molar-refractivity contribution is 7.09. The van der Waals surface area contributed by atoms with Gasteiger partial charge < -0.3 is 9.84 Å². The number of aliphatic carboxylic acids is 1. The normalized spacial score (nSPS) is 10.3. The summed E-state index contributed by atoms with van der Waals surface area (Å²) in [4.78, 5) is 14.7. The number of hydrogen-bond acceptors (Lipinski definition) is 4. The lowest BCUT2D eigenvalue weighted by Gasteiger charge is -2.04. The highest BCUT2D eigenvalue weighted by atomic mass is 32.1. The molecule has 0 aliphatic rings. The molecule has 0 aliphatic carbocycles. The van der Waals surface area contributed by atoms with Crippen molar-refractivity contribution in [2.75, 3.05) is 0 Å². The Morgan fingerprint density at radius 2 is 2.33 bits per heavy atom. The fourth-order valence-corrected chi connectivity index (χ4v) is 2.21. The van der Waals surface area contributed by atoms with Gasteiger partial charge in [-0.15, -0.1) is 11.3 Å². The van der Waals surface area contributed by atoms with Crippen LogP contribution in [0.25, 0.3) is 0 Å². The number of carboxylic acids is 1. The Labute approximate surface area is 109 Å². The Balaban J connectivity index is 1.94. The quantitative estimate of drug-likeness (QED) is 0.901. The molecule has 5 heteroatoms. The number of aryl methyl sites for hydroxylation is 1. The molecule has 94 valence electrons. The van der Waals surface area contributed by atoms with Crippen LogP contribution in [0, 0.1) is 6.92 Å². The molecule has 1 aromatic carbocycles. The van der Waals surface area contributed by atoms with Crippen molar-refractivity contribution in [3.63, 3.8) is 0 Å². The van der Waals surface area contributed by atoms with Crippen LogP contribution in [-0.4, -0.2) is 16.1 Å². The summed E-state index contributed by atoms with van der Waals surface area (Å²) >= 11 is 1.42. The van der Waals surface area contributed by atoms with Crippen molar-refractivity contribution < 1.29 is 14.6 Å². The monoisotopic (exact) mass is 263 g/mol. The predicted octanol–water partition coefficient (Wildman–Crippen LogP) is 2.66. The first-order valence-corrected chi connectivity index (χ1v) is 6.36. The zero-order valence-electron chi connectivity index (χ0n) is 9.92. The molecule has 0 saturated heterocycles. The number of benzene rings is 1. The lowest BCUT2D eigenvalue weighted by atomic mass is 10.2. The third-order valence-electron chi connectivity index (χ3n) is 2.28. The maximum absolute atomic E-state index is 10.5. The van der Waals surface area contributed by atoms with Gasteiger partial charge in [-0.25, -0.2) is 4.98 Å². The average Bonchev–Trinajstić information content (AvgIpc) is 2.73. The van der Waals surface area contributed by atoms with Gasteiger partial charge in [-0.05, 0) is 24.6 Å². The molecule has 0 bridgehead atoms. The van der Waals surface area contributed by atoms with Crippen LogP contribution in [0.4, 0.5) is 0 Å². The van der Waals surface area contributed by atoms with Crippen molar-refractivity contribution >= 4 is 17.3 Å². The SMILES string of the molecule is Cc1cccc(OCc2nc(CC(=O)O)cs2)c1. The maximum atomic E-state index is 10.5. The largest absolute Gasteiger partial charge is 0.486 e. The topological polar surface area (TPSA) is 59.4 Å². The number of aromatic nitrogens is 1. The fourth-order valence-electron chi connectivity index (χ4n) is 1.50. The van der Waals surface area contributed by atoms with Crippen molar-refractivity contribution in [3.8, 4) is 5.75 Å². The van der Waals surface area contributed by atoms with Gasteiger partial charge in [-0.3, -0.25) is 4.79 Å². The molecule has 0 unspecified atom stereocenters. The van der Waals surface area contributed by atoms with Crippen LogP contribution in [0.2, 0.25) is 0 Å². The van der Waals surface area contributed by atoms with Gasteiger partial charge in [0.1, 0.15) is 17.4 Å². The predicted molar refractivity (Wildman–Crippen MR) is 69.0 cm³/mol. The molecule has 0 atom stereocenters. The Morgan fingerprint density at radius 3 is 3.06 bits per heavy atom. The summed E-state index contributed by atoms with van der Waals surface area (Å²) in [6.07, 6.45) is -0.0407. The van der Waals surface area contributed by atoms with E-state index in [0.717, 1.165) is 16.3 Å². The lowest BCUT2D eigenvalue weighted by Crippen LogP contribution is -2.01. The van der Waals surface area contributed by atoms with E-state index in [9.17, 15) is 4.79 Å². The van der Waals surface area contributed by atoms with Gasteiger partial charge in [0.2, 0.25) is 0 Å². The minimum absolute atomic E-state index is 0.0407. The number of nitrogens with zero attached hydrogens (tertiary/aromatic N) is 1. The van der Waals surface area contributed by atoms with E-state index in [2.05, 4.69) is 4.98 Å². The standard InChI is InChI=1S/C13H13NO3S/c1-9-3-2-4-11(5-9)17-7-12-14-10(8-18-12)6-13(15)16/h2-5,8H,6-7H2,1H3,(H,15,16). The second-order valence-electron chi connectivity index (χ2n) is 3.91. The van der Waals surface area contributed by atoms with Gasteiger partial charge in [0, 0.05) is 5.38 Å². The molecule has 2 aromatic rings. The molecule has 0 spiro atoms. The lowest BCUT2D eigenvalue weighted by molar-refractivity contribution is -0.136. The third-order valence-corrected chi connectivity index (χ3v) is 3.15. The Hall–Kier alpha value is -1.88. The molecule has 1 heterocycles. The highest BCUT2D eigenvalue weighted by Crippen LogP contribution is 2.16. The summed E-state index contributed by atoms with van der Waals surface area (Å²) in [5, 5.41) is 11.2. The molecular formula is C13H13NO3S. The second kappa shape index (κ2) is 5.64. The maximum Gasteiger partial charge on any atom is 0.309 e. The first-order valence-electron chi connectivity index (χ1n) is 5.48. The summed E-state index contributed by atoms with van der Waals surface area (Å²) in [7, 11) is 0. The van der Waals surface area contributed by atoms with E-state index in [0.29, 0.717) is 12.3 Å². The number of carbonyl (C=O) groups is 1. The van der Waals surface area contributed by atoms with Crippen molar-refractivity contribution in [2.24, 2.45) is 0 Å². The van der Waals surface area contributed by atoms with Crippen LogP contribution in [0.1, 0.15) is 16.3 Å². The number of rotatable bonds is 5. The van der Waals surface area contributed by atoms with Crippen molar-refractivity contribution in [1.29, 1.82) is 0 Å². The van der Waals surface area contributed by atoms with Crippen LogP contribution in [-0.2, 0) is 17.8 Å². The van der Waals surface area contributed by atoms with Gasteiger partial charge in [-0.2, -0.15) is 0 Å². The Morgan fingerprint density at radius 1 is 1.50 bits per heavy atom. The molecule has 18 heavy (non-hydrogen) atoms. The van der Waals surface area contributed by atoms with E-state index in [-0.39, 0.29) is 6.42 Å². The van der Waals surface area contributed by atoms with E-state index in [1.165, 1.54) is 11.3 Å². The first kappa shape index (κ1) is 12.6. The molecule has 4 nitrogen and oxygen atoms in total. The van der Waals surface area contributed by atoms with Gasteiger partial charge in [0.15, 0.2) is 0 Å². The minimum atomic E-state index is -0.869. The molecule has 0 fully saturated rings. The van der Waals surface area contributed by atoms with Crippen molar-refractivity contribution in [1.82, 2.24) is 4.98 Å². The molecule has 0 saturated carbocycles. The van der Waals surface area contributed by atoms with E-state index in [1.54, 1.807) is 5.38 Å². The second-order valence-corrected chi connectivity index (χ2v) is 4.85. The third kappa shape index (κ3) is 3.56. The summed E-state index contributed by atoms with van der Waals surface area (Å²) in [5.41, 5.74) is 1.72. The summed E-state index contributed by atoms with van der Waals surface area (Å²) in [5.74, 6) is -0.0727. The molecule has 0 aliphatic heterocycles. The molecule has 2 rings (SSSR count). The summed E-state index contributed by atoms with van der Waals surface area (Å²) in [6, 6.07) is 7.77. The number of ether oxygens (including phenoxy) is 1. The molecule has 1 N–H and O–H groups in total. The van der Waals surface area contributed by atoms with E-state index in [1.807, 2.05) is 31.2 Å². The minimum Gasteiger partial charge on any atom is -0.486 e. The van der Waals surface area contributed by atoms with Crippen LogP contribution < -0.4 is 4.74 Å². The van der Waals surface area contributed by atoms with E-state index < -0.39 is 5.97 Å². The average molecular weight is 263 g/mol. The van der Waals surface area contributed by atoms with Crippen LogP contribution in [0.15, 0.2) is 29.6 Å². The smallest absolute Gasteiger partial charge is 0.309 e. The molecule has 0 radical (unpaired) electrons. The van der Waals surface area contributed by atoms with E-state index in [4.69, 9.17) is 9.84 Å². The number of thiazole rings is 1. The van der Waals surface area contributed by atoms with Gasteiger partial charge >= 0.3 is 5.97 Å². The van der Waals surface area contributed by atoms with Gasteiger partial charge in [0.05, 0.1) is 12.1 Å². The van der Waals surface area contributed by atoms with Gasteiger partial charge in [0.25, 0.3) is 0 Å². The highest BCUT2D eigenvalue weighted by Gasteiger charge is 2.06. The molecular weight excluding hydrogens is 250 g/mol. The Kier molecular flexibility index (Phi) is 3.94. The van der Waals surface area contributed by atoms with Gasteiger partial charge in [-0.1, -0.05) is 12.1 Å². The summed E-state index contributed by atoms with van der Waals surface area (Å²) in [6.45, 7) is 2.37. The van der Waals surface area contributed by atoms with Crippen molar-refractivity contribution in [3.05, 3.63) is 45.9 Å². The Bertz CT molecular complexity index is 551. The van der Waals surface area contributed by atoms with Crippen molar-refractivity contribution in [2.45, 2.75) is 20.0 Å². The summed E-state index contributed by atoms with van der Waals surface area (Å²) < 4.78 is 5.59. The zero-order chi connectivity index (χ0) is 13.0. The van der Waals surface area contributed by atoms with Crippen LogP contribution in [0.5, 0.6) is 5.75 Å². The number of carboxylic acid groups (broad SMARTS) is 1. The molecule has 0 amide bonds.